The van der Waals surface area contributed by atoms with Gasteiger partial charge in [0.2, 0.25) is 0 Å². The van der Waals surface area contributed by atoms with Gasteiger partial charge >= 0.3 is 17.9 Å². The summed E-state index contributed by atoms with van der Waals surface area (Å²) < 4.78 is 17.1. The van der Waals surface area contributed by atoms with Crippen molar-refractivity contribution in [1.29, 1.82) is 0 Å². The Kier molecular flexibility index (Phi) is 13.3. The van der Waals surface area contributed by atoms with Gasteiger partial charge in [0, 0.05) is 13.0 Å². The first-order chi connectivity index (χ1) is 21.3. The van der Waals surface area contributed by atoms with E-state index in [0.717, 1.165) is 16.7 Å². The van der Waals surface area contributed by atoms with Crippen molar-refractivity contribution in [3.63, 3.8) is 0 Å². The third-order valence-electron chi connectivity index (χ3n) is 7.33. The summed E-state index contributed by atoms with van der Waals surface area (Å²) in [5, 5.41) is 9.66. The molecule has 8 nitrogen and oxygen atoms in total. The lowest BCUT2D eigenvalue weighted by Gasteiger charge is -2.38. The van der Waals surface area contributed by atoms with Crippen LogP contribution < -0.4 is 0 Å². The second kappa shape index (κ2) is 17.4. The normalized spacial score (nSPS) is 10.8. The highest BCUT2D eigenvalue weighted by molar-refractivity contribution is 5.90. The van der Waals surface area contributed by atoms with Gasteiger partial charge in [-0.1, -0.05) is 74.4 Å². The zero-order valence-electron chi connectivity index (χ0n) is 25.0. The van der Waals surface area contributed by atoms with Crippen molar-refractivity contribution < 1.29 is 38.2 Å². The van der Waals surface area contributed by atoms with Crippen LogP contribution in [0.5, 0.6) is 0 Å². The van der Waals surface area contributed by atoms with Gasteiger partial charge in [0.15, 0.2) is 0 Å². The van der Waals surface area contributed by atoms with E-state index in [-0.39, 0.29) is 30.9 Å². The van der Waals surface area contributed by atoms with Crippen LogP contribution in [-0.2, 0) is 14.2 Å². The number of carbonyl (C=O) groups is 3. The zero-order chi connectivity index (χ0) is 31.8. The number of ether oxygens (including phenoxy) is 3. The number of hydrogen-bond acceptors (Lipinski definition) is 7. The number of quaternary nitrogens is 1. The number of esters is 3. The summed E-state index contributed by atoms with van der Waals surface area (Å²) >= 11 is 0. The molecule has 0 aliphatic heterocycles. The van der Waals surface area contributed by atoms with E-state index in [0.29, 0.717) is 49.3 Å². The lowest BCUT2D eigenvalue weighted by Crippen LogP contribution is -2.55. The molecule has 0 fully saturated rings. The molecule has 3 aromatic carbocycles. The van der Waals surface area contributed by atoms with E-state index in [4.69, 9.17) is 14.2 Å². The number of nitrogens with zero attached hydrogens (tertiary/aromatic N) is 1. The molecule has 3 rings (SSSR count). The van der Waals surface area contributed by atoms with Crippen LogP contribution in [0.4, 0.5) is 0 Å². The van der Waals surface area contributed by atoms with Crippen molar-refractivity contribution in [1.82, 2.24) is 0 Å². The molecule has 0 bridgehead atoms. The second-order valence-corrected chi connectivity index (χ2v) is 10.2. The molecular formula is C36H40NO7+. The molecule has 0 aliphatic carbocycles. The Morgan fingerprint density at radius 2 is 0.841 bits per heavy atom. The smallest absolute Gasteiger partial charge is 0.338 e. The first kappa shape index (κ1) is 33.7. The van der Waals surface area contributed by atoms with Crippen molar-refractivity contribution in [2.75, 3.05) is 52.6 Å². The van der Waals surface area contributed by atoms with E-state index in [9.17, 15) is 19.5 Å². The molecule has 0 amide bonds. The van der Waals surface area contributed by atoms with Gasteiger partial charge in [-0.05, 0) is 53.1 Å². The quantitative estimate of drug-likeness (QED) is 0.114. The van der Waals surface area contributed by atoms with Crippen LogP contribution >= 0.6 is 0 Å². The number of rotatable bonds is 18. The predicted octanol–water partition coefficient (Wildman–Crippen LogP) is 5.69. The average Bonchev–Trinajstić information content (AvgIpc) is 3.07. The van der Waals surface area contributed by atoms with E-state index in [1.807, 2.05) is 0 Å². The summed E-state index contributed by atoms with van der Waals surface area (Å²) in [5.74, 6) is -1.40. The minimum absolute atomic E-state index is 0.0552. The Labute approximate surface area is 259 Å². The lowest BCUT2D eigenvalue weighted by molar-refractivity contribution is -0.928. The highest BCUT2D eigenvalue weighted by Crippen LogP contribution is 2.14. The Bertz CT molecular complexity index is 1240. The monoisotopic (exact) mass is 598 g/mol. The van der Waals surface area contributed by atoms with Gasteiger partial charge in [0.25, 0.3) is 0 Å². The third kappa shape index (κ3) is 10.2. The van der Waals surface area contributed by atoms with Crippen LogP contribution in [0.15, 0.2) is 92.5 Å². The van der Waals surface area contributed by atoms with Gasteiger partial charge in [0.05, 0.1) is 23.2 Å². The number of benzene rings is 3. The highest BCUT2D eigenvalue weighted by Gasteiger charge is 2.29. The molecule has 8 heteroatoms. The SMILES string of the molecule is C=Cc1ccc(C(=O)OCC[N+](CCCO)(CCOC(=O)c2ccc(C=C)cc2)CCOC(=O)c2ccc(C=C)cc2)cc1. The van der Waals surface area contributed by atoms with E-state index in [1.165, 1.54) is 0 Å². The summed E-state index contributed by atoms with van der Waals surface area (Å²) in [4.78, 5) is 38.1. The Balaban J connectivity index is 1.69. The fourth-order valence-corrected chi connectivity index (χ4v) is 4.59. The largest absolute Gasteiger partial charge is 0.456 e. The molecule has 0 atom stereocenters. The Morgan fingerprint density at radius 3 is 1.09 bits per heavy atom. The number of hydrogen-bond donors (Lipinski definition) is 1. The molecular weight excluding hydrogens is 558 g/mol. The molecule has 0 saturated heterocycles. The molecule has 3 aromatic rings. The topological polar surface area (TPSA) is 99.1 Å². The zero-order valence-corrected chi connectivity index (χ0v) is 25.0. The molecule has 230 valence electrons. The molecule has 0 spiro atoms. The molecule has 0 aliphatic rings. The van der Waals surface area contributed by atoms with E-state index < -0.39 is 17.9 Å². The molecule has 0 unspecified atom stereocenters. The van der Waals surface area contributed by atoms with Crippen molar-refractivity contribution in [2.24, 2.45) is 0 Å². The van der Waals surface area contributed by atoms with Crippen molar-refractivity contribution in [3.8, 4) is 0 Å². The molecule has 0 heterocycles. The van der Waals surface area contributed by atoms with Gasteiger partial charge in [-0.15, -0.1) is 0 Å². The minimum Gasteiger partial charge on any atom is -0.456 e. The van der Waals surface area contributed by atoms with Gasteiger partial charge < -0.3 is 23.8 Å². The van der Waals surface area contributed by atoms with Crippen molar-refractivity contribution >= 4 is 36.1 Å². The highest BCUT2D eigenvalue weighted by atomic mass is 16.5. The standard InChI is InChI=1S/C36H40NO7/c1-4-28-8-14-31(15-9-28)34(39)42-25-21-37(20-7-24-38,22-26-43-35(40)32-16-10-29(5-2)11-17-32)23-27-44-36(41)33-18-12-30(6-3)13-19-33/h4-6,8-19,38H,1-3,7,20-27H2/q+1. The number of aliphatic hydroxyl groups is 1. The van der Waals surface area contributed by atoms with Gasteiger partial charge in [-0.3, -0.25) is 0 Å². The first-order valence-electron chi connectivity index (χ1n) is 14.5. The third-order valence-corrected chi connectivity index (χ3v) is 7.33. The number of carbonyl (C=O) groups excluding carboxylic acids is 3. The summed E-state index contributed by atoms with van der Waals surface area (Å²) in [6, 6.07) is 20.7. The van der Waals surface area contributed by atoms with Crippen LogP contribution in [0.25, 0.3) is 18.2 Å². The molecule has 1 N–H and O–H groups in total. The fraction of sp³-hybridized carbons (Fsp3) is 0.250. The molecule has 0 aromatic heterocycles. The van der Waals surface area contributed by atoms with Crippen molar-refractivity contribution in [3.05, 3.63) is 126 Å². The van der Waals surface area contributed by atoms with Crippen LogP contribution in [0.3, 0.4) is 0 Å². The molecule has 0 saturated carbocycles. The Morgan fingerprint density at radius 1 is 0.545 bits per heavy atom. The lowest BCUT2D eigenvalue weighted by atomic mass is 10.1. The first-order valence-corrected chi connectivity index (χ1v) is 14.5. The maximum absolute atomic E-state index is 12.7. The van der Waals surface area contributed by atoms with Gasteiger partial charge in [-0.25, -0.2) is 14.4 Å². The van der Waals surface area contributed by atoms with Gasteiger partial charge in [0.1, 0.15) is 39.5 Å². The number of aliphatic hydroxyl groups excluding tert-OH is 1. The summed E-state index contributed by atoms with van der Waals surface area (Å²) in [5.41, 5.74) is 3.90. The van der Waals surface area contributed by atoms with E-state index in [1.54, 1.807) is 91.0 Å². The van der Waals surface area contributed by atoms with Crippen LogP contribution in [-0.4, -0.2) is 80.1 Å². The average molecular weight is 599 g/mol. The van der Waals surface area contributed by atoms with E-state index in [2.05, 4.69) is 19.7 Å². The summed E-state index contributed by atoms with van der Waals surface area (Å²) in [6.45, 7) is 12.9. The molecule has 0 radical (unpaired) electrons. The maximum Gasteiger partial charge on any atom is 0.338 e. The van der Waals surface area contributed by atoms with Crippen LogP contribution in [0, 0.1) is 0 Å². The molecule has 44 heavy (non-hydrogen) atoms. The Hall–Kier alpha value is -4.79. The summed E-state index contributed by atoms with van der Waals surface area (Å²) in [6.07, 6.45) is 5.52. The predicted molar refractivity (Wildman–Crippen MR) is 172 cm³/mol. The van der Waals surface area contributed by atoms with Gasteiger partial charge in [-0.2, -0.15) is 0 Å². The van der Waals surface area contributed by atoms with Crippen LogP contribution in [0.1, 0.15) is 54.2 Å². The van der Waals surface area contributed by atoms with Crippen molar-refractivity contribution in [2.45, 2.75) is 6.42 Å². The summed E-state index contributed by atoms with van der Waals surface area (Å²) in [7, 11) is 0. The minimum atomic E-state index is -0.468. The fourth-order valence-electron chi connectivity index (χ4n) is 4.59. The maximum atomic E-state index is 12.7. The van der Waals surface area contributed by atoms with E-state index >= 15 is 0 Å². The van der Waals surface area contributed by atoms with Crippen LogP contribution in [0.2, 0.25) is 0 Å². The second-order valence-electron chi connectivity index (χ2n) is 10.2.